The predicted octanol–water partition coefficient (Wildman–Crippen LogP) is 2.52. The van der Waals surface area contributed by atoms with Crippen LogP contribution in [0.3, 0.4) is 0 Å². The highest BCUT2D eigenvalue weighted by molar-refractivity contribution is 5.91. The van der Waals surface area contributed by atoms with Crippen molar-refractivity contribution in [2.45, 2.75) is 13.0 Å². The Balaban J connectivity index is 1.38. The summed E-state index contributed by atoms with van der Waals surface area (Å²) in [5.74, 6) is 2.99. The van der Waals surface area contributed by atoms with E-state index >= 15 is 0 Å². The van der Waals surface area contributed by atoms with Gasteiger partial charge in [0.1, 0.15) is 11.5 Å². The summed E-state index contributed by atoms with van der Waals surface area (Å²) in [4.78, 5) is 14.6. The molecule has 148 valence electrons. The van der Waals surface area contributed by atoms with E-state index in [4.69, 9.17) is 18.6 Å². The van der Waals surface area contributed by atoms with Gasteiger partial charge in [-0.15, -0.1) is 0 Å². The van der Waals surface area contributed by atoms with Crippen LogP contribution in [0.25, 0.3) is 6.08 Å². The maximum absolute atomic E-state index is 12.3. The second-order valence-electron chi connectivity index (χ2n) is 6.80. The molecule has 0 spiro atoms. The van der Waals surface area contributed by atoms with Gasteiger partial charge in [-0.25, -0.2) is 0 Å². The average molecular weight is 384 g/mol. The Morgan fingerprint density at radius 2 is 2.00 bits per heavy atom. The lowest BCUT2D eigenvalue weighted by Gasteiger charge is -2.33. The van der Waals surface area contributed by atoms with Gasteiger partial charge in [0.15, 0.2) is 11.5 Å². The minimum atomic E-state index is -0.154. The Morgan fingerprint density at radius 3 is 2.79 bits per heavy atom. The summed E-state index contributed by atoms with van der Waals surface area (Å²) in [5.41, 5.74) is 0.880. The molecule has 1 unspecified atom stereocenters. The van der Waals surface area contributed by atoms with E-state index in [9.17, 15) is 4.79 Å². The fraction of sp³-hybridized carbons (Fsp3) is 0.381. The van der Waals surface area contributed by atoms with E-state index in [1.54, 1.807) is 6.08 Å². The highest BCUT2D eigenvalue weighted by Gasteiger charge is 2.25. The predicted molar refractivity (Wildman–Crippen MR) is 103 cm³/mol. The summed E-state index contributed by atoms with van der Waals surface area (Å²) in [6.45, 7) is 5.63. The second kappa shape index (κ2) is 8.50. The Kier molecular flexibility index (Phi) is 5.64. The first-order valence-electron chi connectivity index (χ1n) is 9.43. The molecule has 4 rings (SSSR count). The molecule has 1 amide bonds. The number of benzene rings is 1. The van der Waals surface area contributed by atoms with Crippen LogP contribution in [0.15, 0.2) is 40.8 Å². The van der Waals surface area contributed by atoms with Crippen LogP contribution in [0, 0.1) is 6.92 Å². The molecule has 7 heteroatoms. The van der Waals surface area contributed by atoms with Crippen molar-refractivity contribution < 1.29 is 23.4 Å². The van der Waals surface area contributed by atoms with Crippen molar-refractivity contribution in [2.24, 2.45) is 0 Å². The third kappa shape index (κ3) is 4.37. The number of amides is 1. The van der Waals surface area contributed by atoms with Gasteiger partial charge in [-0.3, -0.25) is 9.69 Å². The van der Waals surface area contributed by atoms with E-state index in [0.29, 0.717) is 25.5 Å². The Labute approximate surface area is 163 Å². The molecule has 0 aliphatic carbocycles. The molecule has 1 atom stereocenters. The van der Waals surface area contributed by atoms with Gasteiger partial charge in [-0.05, 0) is 42.8 Å². The molecule has 1 N–H and O–H groups in total. The molecule has 1 fully saturated rings. The fourth-order valence-electron chi connectivity index (χ4n) is 3.38. The van der Waals surface area contributed by atoms with Gasteiger partial charge < -0.3 is 23.9 Å². The van der Waals surface area contributed by atoms with Gasteiger partial charge in [0, 0.05) is 25.7 Å². The van der Waals surface area contributed by atoms with Gasteiger partial charge in [-0.1, -0.05) is 6.07 Å². The first-order chi connectivity index (χ1) is 13.7. The third-order valence-corrected chi connectivity index (χ3v) is 4.87. The number of nitrogens with one attached hydrogen (secondary N) is 1. The number of nitrogens with zero attached hydrogens (tertiary/aromatic N) is 1. The average Bonchev–Trinajstić information content (AvgIpc) is 3.36. The van der Waals surface area contributed by atoms with Crippen LogP contribution in [0.4, 0.5) is 0 Å². The van der Waals surface area contributed by atoms with E-state index in [1.165, 1.54) is 6.08 Å². The highest BCUT2D eigenvalue weighted by atomic mass is 16.7. The number of fused-ring (bicyclic) bond motifs is 1. The van der Waals surface area contributed by atoms with E-state index < -0.39 is 0 Å². The van der Waals surface area contributed by atoms with Gasteiger partial charge in [0.2, 0.25) is 12.7 Å². The minimum absolute atomic E-state index is 0.0134. The summed E-state index contributed by atoms with van der Waals surface area (Å²) < 4.78 is 21.9. The lowest BCUT2D eigenvalue weighted by atomic mass is 10.1. The number of hydrogen-bond donors (Lipinski definition) is 1. The van der Waals surface area contributed by atoms with Gasteiger partial charge in [0.05, 0.1) is 19.3 Å². The monoisotopic (exact) mass is 384 g/mol. The number of carbonyl (C=O) groups excluding carboxylic acids is 1. The largest absolute Gasteiger partial charge is 0.465 e. The molecule has 0 radical (unpaired) electrons. The SMILES string of the molecule is Cc1ccc(C(CNC(=O)/C=C/c2ccc3c(c2)OCO3)N2CCOCC2)o1. The van der Waals surface area contributed by atoms with Crippen molar-refractivity contribution in [1.82, 2.24) is 10.2 Å². The topological polar surface area (TPSA) is 73.2 Å². The molecule has 2 aliphatic heterocycles. The summed E-state index contributed by atoms with van der Waals surface area (Å²) in [5, 5.41) is 2.99. The van der Waals surface area contributed by atoms with Gasteiger partial charge in [-0.2, -0.15) is 0 Å². The molecular formula is C21H24N2O5. The van der Waals surface area contributed by atoms with E-state index in [2.05, 4.69) is 10.2 Å². The first-order valence-corrected chi connectivity index (χ1v) is 9.43. The summed E-state index contributed by atoms with van der Waals surface area (Å²) >= 11 is 0. The molecule has 0 saturated carbocycles. The lowest BCUT2D eigenvalue weighted by Crippen LogP contribution is -2.43. The van der Waals surface area contributed by atoms with Crippen LogP contribution < -0.4 is 14.8 Å². The zero-order valence-electron chi connectivity index (χ0n) is 15.8. The second-order valence-corrected chi connectivity index (χ2v) is 6.80. The van der Waals surface area contributed by atoms with Crippen LogP contribution in [-0.4, -0.2) is 50.4 Å². The van der Waals surface area contributed by atoms with Crippen molar-refractivity contribution in [3.63, 3.8) is 0 Å². The zero-order valence-corrected chi connectivity index (χ0v) is 15.8. The van der Waals surface area contributed by atoms with Crippen molar-refractivity contribution in [2.75, 3.05) is 39.6 Å². The number of furan rings is 1. The molecule has 2 aromatic rings. The third-order valence-electron chi connectivity index (χ3n) is 4.87. The van der Waals surface area contributed by atoms with Crippen molar-refractivity contribution >= 4 is 12.0 Å². The fourth-order valence-corrected chi connectivity index (χ4v) is 3.38. The van der Waals surface area contributed by atoms with E-state index in [1.807, 2.05) is 37.3 Å². The van der Waals surface area contributed by atoms with Crippen LogP contribution >= 0.6 is 0 Å². The molecule has 7 nitrogen and oxygen atoms in total. The standard InChI is InChI=1S/C21H24N2O5/c1-15-2-5-18(28-15)17(23-8-10-25-11-9-23)13-22-21(24)7-4-16-3-6-19-20(12-16)27-14-26-19/h2-7,12,17H,8-11,13-14H2,1H3,(H,22,24)/b7-4+. The van der Waals surface area contributed by atoms with Crippen LogP contribution in [0.2, 0.25) is 0 Å². The Morgan fingerprint density at radius 1 is 1.18 bits per heavy atom. The van der Waals surface area contributed by atoms with E-state index in [0.717, 1.165) is 35.9 Å². The van der Waals surface area contributed by atoms with Crippen molar-refractivity contribution in [3.8, 4) is 11.5 Å². The molecule has 1 aromatic heterocycles. The van der Waals surface area contributed by atoms with Crippen LogP contribution in [0.5, 0.6) is 11.5 Å². The van der Waals surface area contributed by atoms with Crippen molar-refractivity contribution in [3.05, 3.63) is 53.5 Å². The summed E-state index contributed by atoms with van der Waals surface area (Å²) in [6.07, 6.45) is 3.29. The number of hydrogen-bond acceptors (Lipinski definition) is 6. The van der Waals surface area contributed by atoms with Gasteiger partial charge in [0.25, 0.3) is 0 Å². The quantitative estimate of drug-likeness (QED) is 0.772. The molecule has 1 saturated heterocycles. The maximum Gasteiger partial charge on any atom is 0.244 e. The highest BCUT2D eigenvalue weighted by Crippen LogP contribution is 2.32. The Bertz CT molecular complexity index is 854. The zero-order chi connectivity index (χ0) is 19.3. The molecular weight excluding hydrogens is 360 g/mol. The molecule has 0 bridgehead atoms. The van der Waals surface area contributed by atoms with Crippen LogP contribution in [-0.2, 0) is 9.53 Å². The van der Waals surface area contributed by atoms with E-state index in [-0.39, 0.29) is 18.7 Å². The maximum atomic E-state index is 12.3. The number of morpholine rings is 1. The normalized spacial score (nSPS) is 17.8. The lowest BCUT2D eigenvalue weighted by molar-refractivity contribution is -0.116. The van der Waals surface area contributed by atoms with Gasteiger partial charge >= 0.3 is 0 Å². The van der Waals surface area contributed by atoms with Crippen LogP contribution in [0.1, 0.15) is 23.1 Å². The minimum Gasteiger partial charge on any atom is -0.465 e. The van der Waals surface area contributed by atoms with Crippen molar-refractivity contribution in [1.29, 1.82) is 0 Å². The number of carbonyl (C=O) groups is 1. The number of rotatable bonds is 6. The number of aryl methyl sites for hydroxylation is 1. The first kappa shape index (κ1) is 18.6. The molecule has 28 heavy (non-hydrogen) atoms. The smallest absolute Gasteiger partial charge is 0.244 e. The summed E-state index contributed by atoms with van der Waals surface area (Å²) in [6, 6.07) is 9.50. The number of ether oxygens (including phenoxy) is 3. The summed E-state index contributed by atoms with van der Waals surface area (Å²) in [7, 11) is 0. The Hall–Kier alpha value is -2.77. The molecule has 2 aliphatic rings. The molecule has 1 aromatic carbocycles. The molecule has 3 heterocycles.